The van der Waals surface area contributed by atoms with Crippen LogP contribution < -0.4 is 11.1 Å². The summed E-state index contributed by atoms with van der Waals surface area (Å²) < 4.78 is 44.5. The van der Waals surface area contributed by atoms with Gasteiger partial charge in [-0.15, -0.1) is 11.3 Å². The number of alkyl halides is 3. The van der Waals surface area contributed by atoms with Gasteiger partial charge in [-0.25, -0.2) is 9.78 Å². The number of nitrogen functional groups attached to an aromatic ring is 1. The summed E-state index contributed by atoms with van der Waals surface area (Å²) in [4.78, 5) is 30.9. The summed E-state index contributed by atoms with van der Waals surface area (Å²) in [6.07, 6.45) is -4.56. The molecule has 0 fully saturated rings. The van der Waals surface area contributed by atoms with Crippen molar-refractivity contribution in [3.05, 3.63) is 75.3 Å². The number of hydrogen-bond acceptors (Lipinski definition) is 6. The molecule has 2 heterocycles. The van der Waals surface area contributed by atoms with Crippen LogP contribution in [0.15, 0.2) is 48.5 Å². The Balaban J connectivity index is 1.87. The lowest BCUT2D eigenvalue weighted by atomic mass is 9.95. The number of esters is 1. The molecule has 11 heteroatoms. The molecule has 0 aliphatic carbocycles. The van der Waals surface area contributed by atoms with E-state index in [4.69, 9.17) is 22.1 Å². The molecule has 0 bridgehead atoms. The van der Waals surface area contributed by atoms with E-state index in [1.807, 2.05) is 0 Å². The predicted octanol–water partition coefficient (Wildman–Crippen LogP) is 6.96. The van der Waals surface area contributed by atoms with Crippen molar-refractivity contribution in [2.45, 2.75) is 20.0 Å². The molecule has 2 aromatic heterocycles. The highest BCUT2D eigenvalue weighted by Gasteiger charge is 2.31. The Bertz CT molecular complexity index is 1480. The van der Waals surface area contributed by atoms with Gasteiger partial charge in [0, 0.05) is 21.7 Å². The lowest BCUT2D eigenvalue weighted by Gasteiger charge is -2.14. The SMILES string of the molecule is CCOC(=O)c1c(C)nc2sc(C(=O)Nc3cccc(C(F)(F)F)c3)c(N)c2c1-c1ccc(Cl)cc1. The zero-order chi connectivity index (χ0) is 26.2. The van der Waals surface area contributed by atoms with Gasteiger partial charge in [0.1, 0.15) is 9.71 Å². The van der Waals surface area contributed by atoms with Crippen molar-refractivity contribution in [1.82, 2.24) is 4.98 Å². The molecule has 36 heavy (non-hydrogen) atoms. The highest BCUT2D eigenvalue weighted by molar-refractivity contribution is 7.21. The highest BCUT2D eigenvalue weighted by Crippen LogP contribution is 2.43. The zero-order valence-corrected chi connectivity index (χ0v) is 20.6. The van der Waals surface area contributed by atoms with Gasteiger partial charge in [-0.05, 0) is 49.7 Å². The average Bonchev–Trinajstić information content (AvgIpc) is 3.14. The molecule has 2 aromatic carbocycles. The van der Waals surface area contributed by atoms with Gasteiger partial charge in [-0.2, -0.15) is 13.2 Å². The number of pyridine rings is 1. The van der Waals surface area contributed by atoms with Gasteiger partial charge in [-0.3, -0.25) is 4.79 Å². The second-order valence-electron chi connectivity index (χ2n) is 7.73. The van der Waals surface area contributed by atoms with Crippen molar-refractivity contribution in [1.29, 1.82) is 0 Å². The molecule has 0 spiro atoms. The van der Waals surface area contributed by atoms with E-state index >= 15 is 0 Å². The number of hydrogen-bond donors (Lipinski definition) is 2. The number of fused-ring (bicyclic) bond motifs is 1. The van der Waals surface area contributed by atoms with Gasteiger partial charge < -0.3 is 15.8 Å². The number of anilines is 2. The fourth-order valence-corrected chi connectivity index (χ4v) is 4.93. The summed E-state index contributed by atoms with van der Waals surface area (Å²) in [6.45, 7) is 3.46. The Labute approximate surface area is 212 Å². The van der Waals surface area contributed by atoms with Crippen LogP contribution >= 0.6 is 22.9 Å². The summed E-state index contributed by atoms with van der Waals surface area (Å²) in [5, 5.41) is 3.32. The molecular formula is C25H19ClF3N3O3S. The topological polar surface area (TPSA) is 94.3 Å². The van der Waals surface area contributed by atoms with Gasteiger partial charge in [0.25, 0.3) is 5.91 Å². The second-order valence-corrected chi connectivity index (χ2v) is 9.17. The normalized spacial score (nSPS) is 11.5. The number of thiophene rings is 1. The van der Waals surface area contributed by atoms with E-state index in [9.17, 15) is 22.8 Å². The summed E-state index contributed by atoms with van der Waals surface area (Å²) in [7, 11) is 0. The van der Waals surface area contributed by atoms with Gasteiger partial charge in [0.05, 0.1) is 29.1 Å². The molecule has 0 saturated carbocycles. The smallest absolute Gasteiger partial charge is 0.416 e. The van der Waals surface area contributed by atoms with Crippen molar-refractivity contribution in [3.8, 4) is 11.1 Å². The molecule has 0 saturated heterocycles. The van der Waals surface area contributed by atoms with Crippen LogP contribution in [-0.2, 0) is 10.9 Å². The van der Waals surface area contributed by atoms with Crippen LogP contribution in [0.1, 0.15) is 38.2 Å². The van der Waals surface area contributed by atoms with E-state index in [2.05, 4.69) is 10.3 Å². The van der Waals surface area contributed by atoms with Gasteiger partial charge in [0.15, 0.2) is 0 Å². The van der Waals surface area contributed by atoms with Crippen LogP contribution in [0, 0.1) is 6.92 Å². The fourth-order valence-electron chi connectivity index (χ4n) is 3.75. The Morgan fingerprint density at radius 3 is 2.50 bits per heavy atom. The van der Waals surface area contributed by atoms with Crippen molar-refractivity contribution >= 4 is 56.4 Å². The van der Waals surface area contributed by atoms with Crippen LogP contribution in [0.3, 0.4) is 0 Å². The minimum Gasteiger partial charge on any atom is -0.462 e. The number of nitrogens with two attached hydrogens (primary N) is 1. The number of rotatable bonds is 5. The molecule has 4 rings (SSSR count). The van der Waals surface area contributed by atoms with Gasteiger partial charge >= 0.3 is 12.1 Å². The number of aryl methyl sites for hydroxylation is 1. The number of aromatic nitrogens is 1. The van der Waals surface area contributed by atoms with E-state index < -0.39 is 23.6 Å². The summed E-state index contributed by atoms with van der Waals surface area (Å²) >= 11 is 7.02. The molecule has 0 aliphatic heterocycles. The average molecular weight is 534 g/mol. The number of carbonyl (C=O) groups excluding carboxylic acids is 2. The molecule has 3 N–H and O–H groups in total. The first-order valence-corrected chi connectivity index (χ1v) is 11.8. The van der Waals surface area contributed by atoms with E-state index in [-0.39, 0.29) is 28.4 Å². The number of halogens is 4. The quantitative estimate of drug-likeness (QED) is 0.271. The first kappa shape index (κ1) is 25.5. The molecule has 0 unspecified atom stereocenters. The van der Waals surface area contributed by atoms with E-state index in [1.54, 1.807) is 38.1 Å². The Hall–Kier alpha value is -3.63. The molecule has 1 amide bonds. The molecule has 0 atom stereocenters. The summed E-state index contributed by atoms with van der Waals surface area (Å²) in [5.41, 5.74) is 7.11. The van der Waals surface area contributed by atoms with Crippen molar-refractivity contribution in [3.63, 3.8) is 0 Å². The molecular weight excluding hydrogens is 515 g/mol. The summed E-state index contributed by atoms with van der Waals surface area (Å²) in [5.74, 6) is -1.30. The number of carbonyl (C=O) groups is 2. The third kappa shape index (κ3) is 4.87. The maximum Gasteiger partial charge on any atom is 0.416 e. The number of benzene rings is 2. The Morgan fingerprint density at radius 1 is 1.17 bits per heavy atom. The van der Waals surface area contributed by atoms with E-state index in [0.717, 1.165) is 23.5 Å². The number of ether oxygens (including phenoxy) is 1. The third-order valence-corrected chi connectivity index (χ3v) is 6.67. The Kier molecular flexibility index (Phi) is 6.92. The standard InChI is InChI=1S/C25H19ClF3N3O3S/c1-3-35-24(34)17-12(2)31-23-19(18(17)13-7-9-15(26)10-8-13)20(30)21(36-23)22(33)32-16-6-4-5-14(11-16)25(27,28)29/h4-11H,3,30H2,1-2H3,(H,32,33). The predicted molar refractivity (Wildman–Crippen MR) is 135 cm³/mol. The van der Waals surface area contributed by atoms with Gasteiger partial charge in [0.2, 0.25) is 0 Å². The largest absolute Gasteiger partial charge is 0.462 e. The maximum absolute atomic E-state index is 13.1. The van der Waals surface area contributed by atoms with Crippen molar-refractivity contribution in [2.24, 2.45) is 0 Å². The van der Waals surface area contributed by atoms with E-state index in [1.165, 1.54) is 12.1 Å². The molecule has 0 aliphatic rings. The van der Waals surface area contributed by atoms with Crippen LogP contribution in [0.2, 0.25) is 5.02 Å². The minimum absolute atomic E-state index is 0.0408. The van der Waals surface area contributed by atoms with Crippen LogP contribution in [0.5, 0.6) is 0 Å². The van der Waals surface area contributed by atoms with Crippen LogP contribution in [-0.4, -0.2) is 23.5 Å². The molecule has 6 nitrogen and oxygen atoms in total. The monoisotopic (exact) mass is 533 g/mol. The highest BCUT2D eigenvalue weighted by atomic mass is 35.5. The molecule has 4 aromatic rings. The third-order valence-electron chi connectivity index (χ3n) is 5.32. The Morgan fingerprint density at radius 2 is 1.86 bits per heavy atom. The lowest BCUT2D eigenvalue weighted by Crippen LogP contribution is -2.13. The van der Waals surface area contributed by atoms with Crippen LogP contribution in [0.25, 0.3) is 21.3 Å². The second kappa shape index (κ2) is 9.79. The van der Waals surface area contributed by atoms with Gasteiger partial charge in [-0.1, -0.05) is 29.8 Å². The molecule has 186 valence electrons. The fraction of sp³-hybridized carbons (Fsp3) is 0.160. The number of nitrogens with zero attached hydrogens (tertiary/aromatic N) is 1. The van der Waals surface area contributed by atoms with E-state index in [0.29, 0.717) is 32.1 Å². The van der Waals surface area contributed by atoms with Crippen molar-refractivity contribution in [2.75, 3.05) is 17.7 Å². The number of nitrogens with one attached hydrogen (secondary N) is 1. The molecule has 0 radical (unpaired) electrons. The lowest BCUT2D eigenvalue weighted by molar-refractivity contribution is -0.137. The van der Waals surface area contributed by atoms with Crippen molar-refractivity contribution < 1.29 is 27.5 Å². The first-order valence-electron chi connectivity index (χ1n) is 10.7. The van der Waals surface area contributed by atoms with Crippen LogP contribution in [0.4, 0.5) is 24.5 Å². The first-order chi connectivity index (χ1) is 17.0. The number of amides is 1. The summed E-state index contributed by atoms with van der Waals surface area (Å²) in [6, 6.07) is 11.0. The zero-order valence-electron chi connectivity index (χ0n) is 19.0. The minimum atomic E-state index is -4.56. The maximum atomic E-state index is 13.1.